The summed E-state index contributed by atoms with van der Waals surface area (Å²) < 4.78 is 0. The molecule has 2 heteroatoms. The molecular weight excluding hydrogens is 232 g/mol. The normalized spacial score (nSPS) is 27.0. The SMILES string of the molecule is Cc1ccc2cc(C3(C4CC4)CCCN3)ccc2n1. The van der Waals surface area contributed by atoms with Gasteiger partial charge in [-0.2, -0.15) is 0 Å². The van der Waals surface area contributed by atoms with Gasteiger partial charge in [0.2, 0.25) is 0 Å². The molecule has 98 valence electrons. The van der Waals surface area contributed by atoms with E-state index in [1.54, 1.807) is 0 Å². The van der Waals surface area contributed by atoms with Gasteiger partial charge in [-0.1, -0.05) is 12.1 Å². The molecule has 1 aliphatic carbocycles. The Morgan fingerprint density at radius 1 is 1.21 bits per heavy atom. The van der Waals surface area contributed by atoms with Crippen LogP contribution in [0.15, 0.2) is 30.3 Å². The zero-order chi connectivity index (χ0) is 12.9. The van der Waals surface area contributed by atoms with Crippen molar-refractivity contribution < 1.29 is 0 Å². The molecule has 1 N–H and O–H groups in total. The van der Waals surface area contributed by atoms with E-state index < -0.39 is 0 Å². The second-order valence-corrected chi connectivity index (χ2v) is 6.14. The van der Waals surface area contributed by atoms with E-state index in [1.807, 2.05) is 0 Å². The Bertz CT molecular complexity index is 622. The van der Waals surface area contributed by atoms with Gasteiger partial charge in [0.15, 0.2) is 0 Å². The summed E-state index contributed by atoms with van der Waals surface area (Å²) in [6, 6.07) is 11.2. The molecule has 2 heterocycles. The smallest absolute Gasteiger partial charge is 0.0705 e. The Kier molecular flexibility index (Phi) is 2.43. The summed E-state index contributed by atoms with van der Waals surface area (Å²) in [5, 5.41) is 5.08. The molecule has 1 saturated heterocycles. The monoisotopic (exact) mass is 252 g/mol. The lowest BCUT2D eigenvalue weighted by molar-refractivity contribution is 0.336. The molecule has 0 bridgehead atoms. The number of aryl methyl sites for hydroxylation is 1. The van der Waals surface area contributed by atoms with Crippen LogP contribution in [0.3, 0.4) is 0 Å². The van der Waals surface area contributed by atoms with Gasteiger partial charge in [-0.25, -0.2) is 0 Å². The van der Waals surface area contributed by atoms with Gasteiger partial charge in [0.25, 0.3) is 0 Å². The van der Waals surface area contributed by atoms with E-state index in [0.29, 0.717) is 0 Å². The highest BCUT2D eigenvalue weighted by Gasteiger charge is 2.47. The van der Waals surface area contributed by atoms with E-state index in [4.69, 9.17) is 0 Å². The standard InChI is InChI=1S/C17H20N2/c1-12-3-4-13-11-15(7-8-16(13)19-12)17(14-5-6-14)9-2-10-18-17/h3-4,7-8,11,14,18H,2,5-6,9-10H2,1H3. The van der Waals surface area contributed by atoms with Gasteiger partial charge < -0.3 is 5.32 Å². The number of hydrogen-bond acceptors (Lipinski definition) is 2. The number of rotatable bonds is 2. The maximum Gasteiger partial charge on any atom is 0.0705 e. The summed E-state index contributed by atoms with van der Waals surface area (Å²) in [4.78, 5) is 4.61. The first kappa shape index (κ1) is 11.4. The number of aromatic nitrogens is 1. The molecule has 0 amide bonds. The minimum Gasteiger partial charge on any atom is -0.307 e. The summed E-state index contributed by atoms with van der Waals surface area (Å²) in [6.07, 6.45) is 5.37. The summed E-state index contributed by atoms with van der Waals surface area (Å²) in [6.45, 7) is 3.22. The average molecular weight is 252 g/mol. The maximum atomic E-state index is 4.61. The number of nitrogens with zero attached hydrogens (tertiary/aromatic N) is 1. The van der Waals surface area contributed by atoms with Crippen molar-refractivity contribution in [2.75, 3.05) is 6.54 Å². The Morgan fingerprint density at radius 3 is 2.84 bits per heavy atom. The molecule has 2 aromatic rings. The predicted molar refractivity (Wildman–Crippen MR) is 78.1 cm³/mol. The van der Waals surface area contributed by atoms with E-state index >= 15 is 0 Å². The van der Waals surface area contributed by atoms with Crippen LogP contribution in [0.2, 0.25) is 0 Å². The van der Waals surface area contributed by atoms with Crippen molar-refractivity contribution in [2.24, 2.45) is 5.92 Å². The molecule has 2 aliphatic rings. The second-order valence-electron chi connectivity index (χ2n) is 6.14. The number of benzene rings is 1. The van der Waals surface area contributed by atoms with Gasteiger partial charge in [-0.15, -0.1) is 0 Å². The summed E-state index contributed by atoms with van der Waals surface area (Å²) in [7, 11) is 0. The average Bonchev–Trinajstić information content (AvgIpc) is 3.17. The largest absolute Gasteiger partial charge is 0.307 e. The van der Waals surface area contributed by atoms with Gasteiger partial charge in [0.1, 0.15) is 0 Å². The fourth-order valence-electron chi connectivity index (χ4n) is 3.68. The quantitative estimate of drug-likeness (QED) is 0.884. The van der Waals surface area contributed by atoms with E-state index in [-0.39, 0.29) is 5.54 Å². The van der Waals surface area contributed by atoms with Crippen LogP contribution >= 0.6 is 0 Å². The van der Waals surface area contributed by atoms with Crippen LogP contribution in [0.4, 0.5) is 0 Å². The first-order valence-electron chi connectivity index (χ1n) is 7.41. The first-order chi connectivity index (χ1) is 9.28. The Morgan fingerprint density at radius 2 is 2.11 bits per heavy atom. The summed E-state index contributed by atoms with van der Waals surface area (Å²) >= 11 is 0. The van der Waals surface area contributed by atoms with E-state index in [2.05, 4.69) is 47.6 Å². The molecule has 4 rings (SSSR count). The van der Waals surface area contributed by atoms with Crippen LogP contribution < -0.4 is 5.32 Å². The third-order valence-electron chi connectivity index (χ3n) is 4.81. The highest BCUT2D eigenvalue weighted by molar-refractivity contribution is 5.79. The number of pyridine rings is 1. The van der Waals surface area contributed by atoms with Crippen molar-refractivity contribution in [2.45, 2.75) is 38.1 Å². The van der Waals surface area contributed by atoms with Crippen LogP contribution in [0, 0.1) is 12.8 Å². The fraction of sp³-hybridized carbons (Fsp3) is 0.471. The highest BCUT2D eigenvalue weighted by Crippen LogP contribution is 2.50. The zero-order valence-electron chi connectivity index (χ0n) is 11.4. The van der Waals surface area contributed by atoms with Gasteiger partial charge in [0, 0.05) is 16.6 Å². The van der Waals surface area contributed by atoms with Crippen LogP contribution in [0.1, 0.15) is 36.9 Å². The lowest BCUT2D eigenvalue weighted by Crippen LogP contribution is -2.38. The topological polar surface area (TPSA) is 24.9 Å². The van der Waals surface area contributed by atoms with Crippen molar-refractivity contribution >= 4 is 10.9 Å². The minimum atomic E-state index is 0.263. The van der Waals surface area contributed by atoms with Crippen molar-refractivity contribution in [1.29, 1.82) is 0 Å². The number of hydrogen-bond donors (Lipinski definition) is 1. The Labute approximate surface area is 114 Å². The Balaban J connectivity index is 1.84. The summed E-state index contributed by atoms with van der Waals surface area (Å²) in [5.41, 5.74) is 3.95. The van der Waals surface area contributed by atoms with E-state index in [1.165, 1.54) is 43.2 Å². The minimum absolute atomic E-state index is 0.263. The number of nitrogens with one attached hydrogen (secondary N) is 1. The molecule has 2 fully saturated rings. The van der Waals surface area contributed by atoms with Crippen LogP contribution in [0.5, 0.6) is 0 Å². The molecule has 2 nitrogen and oxygen atoms in total. The molecule has 0 radical (unpaired) electrons. The molecule has 1 saturated carbocycles. The van der Waals surface area contributed by atoms with Crippen molar-refractivity contribution in [3.05, 3.63) is 41.6 Å². The third kappa shape index (κ3) is 1.78. The number of fused-ring (bicyclic) bond motifs is 1. The maximum absolute atomic E-state index is 4.61. The molecule has 1 aromatic carbocycles. The molecule has 0 spiro atoms. The van der Waals surface area contributed by atoms with Gasteiger partial charge in [-0.05, 0) is 68.8 Å². The van der Waals surface area contributed by atoms with Crippen molar-refractivity contribution in [3.63, 3.8) is 0 Å². The summed E-state index contributed by atoms with van der Waals surface area (Å²) in [5.74, 6) is 0.853. The lowest BCUT2D eigenvalue weighted by atomic mass is 9.83. The van der Waals surface area contributed by atoms with Gasteiger partial charge in [0.05, 0.1) is 5.52 Å². The lowest BCUT2D eigenvalue weighted by Gasteiger charge is -2.30. The molecule has 1 unspecified atom stereocenters. The van der Waals surface area contributed by atoms with Crippen molar-refractivity contribution in [3.8, 4) is 0 Å². The van der Waals surface area contributed by atoms with Crippen LogP contribution in [-0.4, -0.2) is 11.5 Å². The predicted octanol–water partition coefficient (Wildman–Crippen LogP) is 3.53. The van der Waals surface area contributed by atoms with Crippen LogP contribution in [0.25, 0.3) is 10.9 Å². The highest BCUT2D eigenvalue weighted by atomic mass is 15.0. The third-order valence-corrected chi connectivity index (χ3v) is 4.81. The molecule has 19 heavy (non-hydrogen) atoms. The Hall–Kier alpha value is -1.41. The van der Waals surface area contributed by atoms with Gasteiger partial charge in [-0.3, -0.25) is 4.98 Å². The fourth-order valence-corrected chi connectivity index (χ4v) is 3.68. The van der Waals surface area contributed by atoms with Crippen LogP contribution in [-0.2, 0) is 5.54 Å². The van der Waals surface area contributed by atoms with Gasteiger partial charge >= 0.3 is 0 Å². The first-order valence-corrected chi connectivity index (χ1v) is 7.41. The molecule has 1 aliphatic heterocycles. The molecular formula is C17H20N2. The van der Waals surface area contributed by atoms with E-state index in [9.17, 15) is 0 Å². The second kappa shape index (κ2) is 4.04. The zero-order valence-corrected chi connectivity index (χ0v) is 11.4. The van der Waals surface area contributed by atoms with Crippen molar-refractivity contribution in [1.82, 2.24) is 10.3 Å². The molecule has 1 atom stereocenters. The van der Waals surface area contributed by atoms with E-state index in [0.717, 1.165) is 17.1 Å². The molecule has 1 aromatic heterocycles.